The Balaban J connectivity index is 2.38. The number of benzene rings is 2. The van der Waals surface area contributed by atoms with Crippen molar-refractivity contribution in [2.75, 3.05) is 5.73 Å². The Labute approximate surface area is 97.3 Å². The van der Waals surface area contributed by atoms with Crippen molar-refractivity contribution >= 4 is 16.7 Å². The number of phenolic OH excluding ortho intramolecular Hbond substituents is 1. The van der Waals surface area contributed by atoms with Crippen LogP contribution in [0.15, 0.2) is 47.0 Å². The van der Waals surface area contributed by atoms with Crippen LogP contribution in [-0.4, -0.2) is 10.3 Å². The SMILES string of the molecule is Nc1cc(-c2c(O)ccc3ccccc23)no1. The largest absolute Gasteiger partial charge is 0.507 e. The molecule has 2 aromatic carbocycles. The summed E-state index contributed by atoms with van der Waals surface area (Å²) in [6.45, 7) is 0. The number of aromatic nitrogens is 1. The van der Waals surface area contributed by atoms with E-state index < -0.39 is 0 Å². The number of phenols is 1. The van der Waals surface area contributed by atoms with Gasteiger partial charge in [0.1, 0.15) is 11.4 Å². The Kier molecular flexibility index (Phi) is 2.01. The topological polar surface area (TPSA) is 72.3 Å². The van der Waals surface area contributed by atoms with Crippen LogP contribution in [0.5, 0.6) is 5.75 Å². The molecule has 0 fully saturated rings. The second kappa shape index (κ2) is 3.52. The van der Waals surface area contributed by atoms with Gasteiger partial charge in [-0.25, -0.2) is 0 Å². The lowest BCUT2D eigenvalue weighted by Crippen LogP contribution is -1.82. The summed E-state index contributed by atoms with van der Waals surface area (Å²) in [6, 6.07) is 12.9. The summed E-state index contributed by atoms with van der Waals surface area (Å²) >= 11 is 0. The summed E-state index contributed by atoms with van der Waals surface area (Å²) < 4.78 is 4.84. The van der Waals surface area contributed by atoms with Crippen molar-refractivity contribution in [2.24, 2.45) is 0 Å². The molecule has 1 heterocycles. The quantitative estimate of drug-likeness (QED) is 0.669. The third-order valence-electron chi connectivity index (χ3n) is 2.69. The minimum atomic E-state index is 0.164. The molecule has 0 amide bonds. The number of nitrogens with two attached hydrogens (primary N) is 1. The molecule has 1 aromatic heterocycles. The van der Waals surface area contributed by atoms with Gasteiger partial charge in [0.25, 0.3) is 0 Å². The van der Waals surface area contributed by atoms with Crippen LogP contribution in [0.2, 0.25) is 0 Å². The Morgan fingerprint density at radius 2 is 1.94 bits per heavy atom. The van der Waals surface area contributed by atoms with Gasteiger partial charge >= 0.3 is 0 Å². The Morgan fingerprint density at radius 3 is 2.71 bits per heavy atom. The van der Waals surface area contributed by atoms with Crippen molar-refractivity contribution in [2.45, 2.75) is 0 Å². The lowest BCUT2D eigenvalue weighted by molar-refractivity contribution is 0.437. The summed E-state index contributed by atoms with van der Waals surface area (Å²) in [5, 5.41) is 15.7. The highest BCUT2D eigenvalue weighted by atomic mass is 16.5. The van der Waals surface area contributed by atoms with Gasteiger partial charge in [0.05, 0.1) is 5.56 Å². The maximum absolute atomic E-state index is 9.95. The van der Waals surface area contributed by atoms with Crippen molar-refractivity contribution in [3.8, 4) is 17.0 Å². The van der Waals surface area contributed by atoms with Gasteiger partial charge in [-0.3, -0.25) is 0 Å². The second-order valence-corrected chi connectivity index (χ2v) is 3.80. The predicted octanol–water partition coefficient (Wildman–Crippen LogP) is 2.78. The van der Waals surface area contributed by atoms with Crippen LogP contribution in [0.25, 0.3) is 22.0 Å². The van der Waals surface area contributed by atoms with Crippen molar-refractivity contribution in [3.63, 3.8) is 0 Å². The molecular formula is C13H10N2O2. The minimum Gasteiger partial charge on any atom is -0.507 e. The molecule has 3 aromatic rings. The molecular weight excluding hydrogens is 216 g/mol. The summed E-state index contributed by atoms with van der Waals surface area (Å²) in [4.78, 5) is 0. The molecule has 0 atom stereocenters. The Morgan fingerprint density at radius 1 is 1.12 bits per heavy atom. The van der Waals surface area contributed by atoms with Crippen molar-refractivity contribution in [1.82, 2.24) is 5.16 Å². The maximum atomic E-state index is 9.95. The van der Waals surface area contributed by atoms with Crippen molar-refractivity contribution in [1.29, 1.82) is 0 Å². The average Bonchev–Trinajstić information content (AvgIpc) is 2.75. The van der Waals surface area contributed by atoms with Crippen LogP contribution in [0, 0.1) is 0 Å². The van der Waals surface area contributed by atoms with Gasteiger partial charge in [0.15, 0.2) is 0 Å². The first-order valence-corrected chi connectivity index (χ1v) is 5.19. The summed E-state index contributed by atoms with van der Waals surface area (Å²) in [6.07, 6.45) is 0. The first kappa shape index (κ1) is 9.72. The summed E-state index contributed by atoms with van der Waals surface area (Å²) in [7, 11) is 0. The standard InChI is InChI=1S/C13H10N2O2/c14-12-7-10(15-17-12)13-9-4-2-1-3-8(9)5-6-11(13)16/h1-7,16H,14H2. The van der Waals surface area contributed by atoms with Gasteiger partial charge in [0.2, 0.25) is 5.88 Å². The van der Waals surface area contributed by atoms with E-state index in [1.165, 1.54) is 0 Å². The monoisotopic (exact) mass is 226 g/mol. The summed E-state index contributed by atoms with van der Waals surface area (Å²) in [5.74, 6) is 0.393. The van der Waals surface area contributed by atoms with Gasteiger partial charge in [-0.15, -0.1) is 0 Å². The van der Waals surface area contributed by atoms with E-state index in [2.05, 4.69) is 5.16 Å². The van der Waals surface area contributed by atoms with Crippen molar-refractivity contribution in [3.05, 3.63) is 42.5 Å². The zero-order chi connectivity index (χ0) is 11.8. The number of hydrogen-bond acceptors (Lipinski definition) is 4. The van der Waals surface area contributed by atoms with E-state index >= 15 is 0 Å². The number of nitrogen functional groups attached to an aromatic ring is 1. The molecule has 0 saturated heterocycles. The molecule has 4 nitrogen and oxygen atoms in total. The number of fused-ring (bicyclic) bond motifs is 1. The van der Waals surface area contributed by atoms with Gasteiger partial charge in [-0.05, 0) is 16.8 Å². The van der Waals surface area contributed by atoms with Gasteiger partial charge in [0, 0.05) is 6.07 Å². The number of nitrogens with zero attached hydrogens (tertiary/aromatic N) is 1. The van der Waals surface area contributed by atoms with Gasteiger partial charge in [-0.2, -0.15) is 0 Å². The molecule has 0 saturated carbocycles. The molecule has 0 aliphatic rings. The fraction of sp³-hybridized carbons (Fsp3) is 0. The highest BCUT2D eigenvalue weighted by Gasteiger charge is 2.12. The molecule has 3 N–H and O–H groups in total. The van der Waals surface area contributed by atoms with Crippen LogP contribution in [0.3, 0.4) is 0 Å². The fourth-order valence-electron chi connectivity index (χ4n) is 1.94. The van der Waals surface area contributed by atoms with Crippen LogP contribution < -0.4 is 5.73 Å². The average molecular weight is 226 g/mol. The molecule has 0 unspecified atom stereocenters. The molecule has 3 rings (SSSR count). The van der Waals surface area contributed by atoms with Crippen LogP contribution >= 0.6 is 0 Å². The first-order valence-electron chi connectivity index (χ1n) is 5.19. The smallest absolute Gasteiger partial charge is 0.222 e. The molecule has 0 aliphatic carbocycles. The molecule has 0 radical (unpaired) electrons. The van der Waals surface area contributed by atoms with Crippen molar-refractivity contribution < 1.29 is 9.63 Å². The zero-order valence-corrected chi connectivity index (χ0v) is 8.92. The number of aromatic hydroxyl groups is 1. The van der Waals surface area contributed by atoms with E-state index in [4.69, 9.17) is 10.3 Å². The van der Waals surface area contributed by atoms with E-state index in [9.17, 15) is 5.11 Å². The van der Waals surface area contributed by atoms with Crippen LogP contribution in [-0.2, 0) is 0 Å². The molecule has 4 heteroatoms. The predicted molar refractivity (Wildman–Crippen MR) is 65.5 cm³/mol. The lowest BCUT2D eigenvalue weighted by Gasteiger charge is -2.05. The highest BCUT2D eigenvalue weighted by molar-refractivity contribution is 5.98. The normalized spacial score (nSPS) is 10.8. The maximum Gasteiger partial charge on any atom is 0.222 e. The zero-order valence-electron chi connectivity index (χ0n) is 8.92. The molecule has 84 valence electrons. The highest BCUT2D eigenvalue weighted by Crippen LogP contribution is 2.36. The van der Waals surface area contributed by atoms with E-state index in [-0.39, 0.29) is 11.6 Å². The van der Waals surface area contributed by atoms with E-state index in [0.717, 1.165) is 10.8 Å². The van der Waals surface area contributed by atoms with E-state index in [1.807, 2.05) is 30.3 Å². The number of rotatable bonds is 1. The third-order valence-corrected chi connectivity index (χ3v) is 2.69. The Hall–Kier alpha value is -2.49. The van der Waals surface area contributed by atoms with E-state index in [0.29, 0.717) is 11.3 Å². The third kappa shape index (κ3) is 1.50. The molecule has 0 aliphatic heterocycles. The first-order chi connectivity index (χ1) is 8.25. The van der Waals surface area contributed by atoms with Crippen LogP contribution in [0.4, 0.5) is 5.88 Å². The number of hydrogen-bond donors (Lipinski definition) is 2. The van der Waals surface area contributed by atoms with Gasteiger partial charge in [-0.1, -0.05) is 35.5 Å². The summed E-state index contributed by atoms with van der Waals surface area (Å²) in [5.41, 5.74) is 6.68. The van der Waals surface area contributed by atoms with Crippen LogP contribution in [0.1, 0.15) is 0 Å². The number of anilines is 1. The lowest BCUT2D eigenvalue weighted by atomic mass is 10.0. The molecule has 0 spiro atoms. The second-order valence-electron chi connectivity index (χ2n) is 3.80. The minimum absolute atomic E-state index is 0.164. The van der Waals surface area contributed by atoms with E-state index in [1.54, 1.807) is 12.1 Å². The van der Waals surface area contributed by atoms with Gasteiger partial charge < -0.3 is 15.4 Å². The molecule has 0 bridgehead atoms. The fourth-order valence-corrected chi connectivity index (χ4v) is 1.94. The molecule has 17 heavy (non-hydrogen) atoms. The Bertz CT molecular complexity index is 689.